The van der Waals surface area contributed by atoms with Crippen molar-refractivity contribution < 1.29 is 19.7 Å². The maximum atomic E-state index is 12.8. The van der Waals surface area contributed by atoms with Gasteiger partial charge in [0, 0.05) is 15.4 Å². The van der Waals surface area contributed by atoms with Gasteiger partial charge in [-0.2, -0.15) is 0 Å². The summed E-state index contributed by atoms with van der Waals surface area (Å²) in [6.45, 7) is 8.25. The molecule has 0 saturated heterocycles. The number of rotatable bonds is 4. The number of phenolic OH excluding ortho intramolecular Hbond substituents is 1. The smallest absolute Gasteiger partial charge is 0.340 e. The summed E-state index contributed by atoms with van der Waals surface area (Å²) in [5, 5.41) is 23.0. The van der Waals surface area contributed by atoms with E-state index in [2.05, 4.69) is 36.7 Å². The number of halogens is 1. The van der Waals surface area contributed by atoms with Crippen LogP contribution in [0.5, 0.6) is 5.75 Å². The molecule has 3 rings (SSSR count). The highest BCUT2D eigenvalue weighted by molar-refractivity contribution is 9.10. The molecule has 0 amide bonds. The van der Waals surface area contributed by atoms with Crippen LogP contribution in [0.4, 0.5) is 0 Å². The second kappa shape index (κ2) is 8.42. The van der Waals surface area contributed by atoms with E-state index in [1.807, 2.05) is 18.2 Å². The first kappa shape index (κ1) is 21.1. The highest BCUT2D eigenvalue weighted by Gasteiger charge is 2.35. The van der Waals surface area contributed by atoms with Gasteiger partial charge in [-0.05, 0) is 60.6 Å². The zero-order valence-electron chi connectivity index (χ0n) is 16.9. The molecule has 28 heavy (non-hydrogen) atoms. The van der Waals surface area contributed by atoms with Gasteiger partial charge >= 0.3 is 5.97 Å². The lowest BCUT2D eigenvalue weighted by atomic mass is 9.75. The van der Waals surface area contributed by atoms with E-state index >= 15 is 0 Å². The van der Waals surface area contributed by atoms with Crippen LogP contribution in [0.3, 0.4) is 0 Å². The van der Waals surface area contributed by atoms with E-state index in [1.54, 1.807) is 13.0 Å². The number of hydrogen-bond donors (Lipinski definition) is 2. The lowest BCUT2D eigenvalue weighted by Crippen LogP contribution is -2.37. The summed E-state index contributed by atoms with van der Waals surface area (Å²) in [6, 6.07) is 7.43. The number of esters is 1. The Hall–Kier alpha value is -1.59. The third-order valence-electron chi connectivity index (χ3n) is 6.05. The lowest BCUT2D eigenvalue weighted by Gasteiger charge is -2.37. The predicted octanol–water partition coefficient (Wildman–Crippen LogP) is 5.65. The van der Waals surface area contributed by atoms with Crippen molar-refractivity contribution in [2.24, 2.45) is 17.8 Å². The molecule has 0 aromatic heterocycles. The molecule has 4 atom stereocenters. The minimum absolute atomic E-state index is 0.0711. The second-order valence-electron chi connectivity index (χ2n) is 8.53. The highest BCUT2D eigenvalue weighted by atomic mass is 79.9. The fourth-order valence-electron chi connectivity index (χ4n) is 4.43. The zero-order chi connectivity index (χ0) is 20.6. The standard InChI is InChI=1S/C23H29BrO4/c1-12(2)17-8-5-13(3)9-19(17)28-23(27)22(26)20-14(4)10-15-6-7-16(24)11-18(15)21(20)25/h6-7,10-13,17,19,22,25-26H,5,8-9H2,1-4H3/t13-,17+,19-,22?/m1/s1. The predicted molar refractivity (Wildman–Crippen MR) is 114 cm³/mol. The molecular weight excluding hydrogens is 420 g/mol. The summed E-state index contributed by atoms with van der Waals surface area (Å²) < 4.78 is 6.61. The molecule has 0 spiro atoms. The molecule has 152 valence electrons. The Kier molecular flexibility index (Phi) is 6.35. The number of fused-ring (bicyclic) bond motifs is 1. The van der Waals surface area contributed by atoms with Gasteiger partial charge in [0.1, 0.15) is 11.9 Å². The molecule has 1 fully saturated rings. The minimum atomic E-state index is -1.51. The van der Waals surface area contributed by atoms with Gasteiger partial charge in [-0.1, -0.05) is 55.3 Å². The number of hydrogen-bond acceptors (Lipinski definition) is 4. The molecule has 0 bridgehead atoms. The van der Waals surface area contributed by atoms with Gasteiger partial charge in [0.15, 0.2) is 6.10 Å². The first-order valence-corrected chi connectivity index (χ1v) is 10.8. The lowest BCUT2D eigenvalue weighted by molar-refractivity contribution is -0.166. The number of aryl methyl sites for hydroxylation is 1. The van der Waals surface area contributed by atoms with E-state index < -0.39 is 12.1 Å². The molecule has 0 radical (unpaired) electrons. The number of carbonyl (C=O) groups is 1. The van der Waals surface area contributed by atoms with E-state index in [9.17, 15) is 15.0 Å². The molecule has 4 nitrogen and oxygen atoms in total. The van der Waals surface area contributed by atoms with Crippen molar-refractivity contribution in [3.05, 3.63) is 39.9 Å². The van der Waals surface area contributed by atoms with Crippen molar-refractivity contribution in [1.82, 2.24) is 0 Å². The van der Waals surface area contributed by atoms with Gasteiger partial charge in [0.25, 0.3) is 0 Å². The third-order valence-corrected chi connectivity index (χ3v) is 6.54. The van der Waals surface area contributed by atoms with Crippen molar-refractivity contribution in [3.8, 4) is 5.75 Å². The summed E-state index contributed by atoms with van der Waals surface area (Å²) >= 11 is 3.40. The maximum Gasteiger partial charge on any atom is 0.340 e. The molecule has 0 aliphatic heterocycles. The molecular formula is C23H29BrO4. The number of ether oxygens (including phenoxy) is 1. The summed E-state index contributed by atoms with van der Waals surface area (Å²) in [7, 11) is 0. The minimum Gasteiger partial charge on any atom is -0.507 e. The van der Waals surface area contributed by atoms with Gasteiger partial charge in [-0.3, -0.25) is 0 Å². The quantitative estimate of drug-likeness (QED) is 0.592. The molecule has 5 heteroatoms. The molecule has 2 N–H and O–H groups in total. The summed E-state index contributed by atoms with van der Waals surface area (Å²) in [6.07, 6.45) is 1.29. The first-order valence-electron chi connectivity index (χ1n) is 9.99. The maximum absolute atomic E-state index is 12.8. The molecule has 1 unspecified atom stereocenters. The number of phenols is 1. The summed E-state index contributed by atoms with van der Waals surface area (Å²) in [4.78, 5) is 12.8. The monoisotopic (exact) mass is 448 g/mol. The van der Waals surface area contributed by atoms with Crippen LogP contribution in [0.2, 0.25) is 0 Å². The van der Waals surface area contributed by atoms with Crippen molar-refractivity contribution in [1.29, 1.82) is 0 Å². The molecule has 1 aliphatic carbocycles. The Labute approximate surface area is 175 Å². The van der Waals surface area contributed by atoms with Crippen molar-refractivity contribution >= 4 is 32.7 Å². The number of carbonyl (C=O) groups excluding carboxylic acids is 1. The van der Waals surface area contributed by atoms with E-state index in [4.69, 9.17) is 4.74 Å². The fourth-order valence-corrected chi connectivity index (χ4v) is 4.79. The number of aromatic hydroxyl groups is 1. The van der Waals surface area contributed by atoms with Crippen LogP contribution in [0.15, 0.2) is 28.7 Å². The van der Waals surface area contributed by atoms with Crippen LogP contribution >= 0.6 is 15.9 Å². The average Bonchev–Trinajstić information content (AvgIpc) is 2.62. The molecule has 1 aliphatic rings. The van der Waals surface area contributed by atoms with Gasteiger partial charge in [-0.25, -0.2) is 4.79 Å². The molecule has 1 saturated carbocycles. The highest BCUT2D eigenvalue weighted by Crippen LogP contribution is 2.39. The van der Waals surface area contributed by atoms with E-state index in [0.717, 1.165) is 29.1 Å². The van der Waals surface area contributed by atoms with E-state index in [1.165, 1.54) is 0 Å². The number of benzene rings is 2. The normalized spacial score (nSPS) is 23.8. The van der Waals surface area contributed by atoms with Crippen LogP contribution in [-0.4, -0.2) is 22.3 Å². The van der Waals surface area contributed by atoms with Crippen LogP contribution in [0.25, 0.3) is 10.8 Å². The Morgan fingerprint density at radius 1 is 1.25 bits per heavy atom. The first-order chi connectivity index (χ1) is 13.2. The van der Waals surface area contributed by atoms with Crippen molar-refractivity contribution in [2.45, 2.75) is 59.2 Å². The van der Waals surface area contributed by atoms with Crippen LogP contribution in [0.1, 0.15) is 57.3 Å². The molecule has 2 aromatic carbocycles. The largest absolute Gasteiger partial charge is 0.507 e. The SMILES string of the molecule is Cc1cc2ccc(Br)cc2c(O)c1C(O)C(=O)O[C@@H]1C[C@H](C)CC[C@H]1C(C)C. The summed E-state index contributed by atoms with van der Waals surface area (Å²) in [5.41, 5.74) is 0.884. The van der Waals surface area contributed by atoms with Crippen LogP contribution in [0, 0.1) is 24.7 Å². The average molecular weight is 449 g/mol. The van der Waals surface area contributed by atoms with Crippen LogP contribution < -0.4 is 0 Å². The van der Waals surface area contributed by atoms with Gasteiger partial charge in [0.05, 0.1) is 0 Å². The molecule has 0 heterocycles. The van der Waals surface area contributed by atoms with E-state index in [-0.39, 0.29) is 17.4 Å². The van der Waals surface area contributed by atoms with Gasteiger partial charge in [0.2, 0.25) is 0 Å². The van der Waals surface area contributed by atoms with Gasteiger partial charge < -0.3 is 14.9 Å². The number of aliphatic hydroxyl groups is 1. The third kappa shape index (κ3) is 4.20. The summed E-state index contributed by atoms with van der Waals surface area (Å²) in [5.74, 6) is 0.457. The zero-order valence-corrected chi connectivity index (χ0v) is 18.5. The molecule has 2 aromatic rings. The second-order valence-corrected chi connectivity index (χ2v) is 9.44. The van der Waals surface area contributed by atoms with Crippen molar-refractivity contribution in [2.75, 3.05) is 0 Å². The fraction of sp³-hybridized carbons (Fsp3) is 0.522. The Morgan fingerprint density at radius 3 is 2.64 bits per heavy atom. The Bertz CT molecular complexity index is 877. The Morgan fingerprint density at radius 2 is 1.96 bits per heavy atom. The topological polar surface area (TPSA) is 66.8 Å². The van der Waals surface area contributed by atoms with Crippen molar-refractivity contribution in [3.63, 3.8) is 0 Å². The number of aliphatic hydroxyl groups excluding tert-OH is 1. The van der Waals surface area contributed by atoms with Crippen LogP contribution in [-0.2, 0) is 9.53 Å². The van der Waals surface area contributed by atoms with E-state index in [0.29, 0.717) is 28.7 Å². The van der Waals surface area contributed by atoms with Gasteiger partial charge in [-0.15, -0.1) is 0 Å². The Balaban J connectivity index is 1.88.